The van der Waals surface area contributed by atoms with Crippen LogP contribution in [0, 0.1) is 23.7 Å². The van der Waals surface area contributed by atoms with Crippen LogP contribution in [0.4, 0.5) is 0 Å². The van der Waals surface area contributed by atoms with E-state index < -0.39 is 38.4 Å². The smallest absolute Gasteiger partial charge is 0.329 e. The number of fused-ring (bicyclic) bond motifs is 1. The van der Waals surface area contributed by atoms with Gasteiger partial charge in [-0.3, -0.25) is 13.2 Å². The fraction of sp³-hybridized carbons (Fsp3) is 0.905. The molecule has 0 aromatic carbocycles. The molecule has 33 heavy (non-hydrogen) atoms. The van der Waals surface area contributed by atoms with E-state index in [1.54, 1.807) is 0 Å². The molecule has 0 aromatic heterocycles. The van der Waals surface area contributed by atoms with Crippen LogP contribution in [0.5, 0.6) is 0 Å². The van der Waals surface area contributed by atoms with Crippen molar-refractivity contribution in [3.05, 3.63) is 0 Å². The highest BCUT2D eigenvalue weighted by Crippen LogP contribution is 2.63. The lowest BCUT2D eigenvalue weighted by Gasteiger charge is -2.28. The Labute approximate surface area is 196 Å². The summed E-state index contributed by atoms with van der Waals surface area (Å²) in [4.78, 5) is 23.0. The zero-order chi connectivity index (χ0) is 24.8. The van der Waals surface area contributed by atoms with E-state index in [0.29, 0.717) is 38.5 Å². The molecule has 0 bridgehead atoms. The van der Waals surface area contributed by atoms with Gasteiger partial charge >= 0.3 is 5.97 Å². The highest BCUT2D eigenvalue weighted by molar-refractivity contribution is 7.86. The molecule has 1 N–H and O–H groups in total. The largest absolute Gasteiger partial charge is 0.480 e. The number of unbranched alkanes of at least 4 members (excludes halogenated alkanes) is 3. The SMILES string of the molecule is CCCCCC(OS(C)(=O)=O)C(OS(C)(=O)=O)C1C2CC(=O)C(CCCCOCC(=O)O)C21. The molecular weight excluding hydrogens is 476 g/mol. The van der Waals surface area contributed by atoms with Crippen LogP contribution < -0.4 is 0 Å². The molecule has 10 nitrogen and oxygen atoms in total. The van der Waals surface area contributed by atoms with E-state index >= 15 is 0 Å². The maximum atomic E-state index is 12.5. The van der Waals surface area contributed by atoms with Crippen LogP contribution in [-0.2, 0) is 42.9 Å². The van der Waals surface area contributed by atoms with Crippen molar-refractivity contribution >= 4 is 32.0 Å². The molecule has 2 saturated carbocycles. The van der Waals surface area contributed by atoms with E-state index in [2.05, 4.69) is 0 Å². The molecule has 192 valence electrons. The molecule has 2 rings (SSSR count). The number of carboxylic acids is 1. The number of ketones is 1. The van der Waals surface area contributed by atoms with Gasteiger partial charge in [0.05, 0.1) is 12.5 Å². The fourth-order valence-corrected chi connectivity index (χ4v) is 6.38. The molecule has 2 aliphatic rings. The fourth-order valence-electron chi connectivity index (χ4n) is 5.07. The van der Waals surface area contributed by atoms with Crippen molar-refractivity contribution in [1.29, 1.82) is 0 Å². The second-order valence-electron chi connectivity index (χ2n) is 9.14. The molecular formula is C21H36O10S2. The summed E-state index contributed by atoms with van der Waals surface area (Å²) in [5.74, 6) is -1.54. The molecule has 2 aliphatic carbocycles. The highest BCUT2D eigenvalue weighted by atomic mass is 32.2. The Bertz CT molecular complexity index is 883. The highest BCUT2D eigenvalue weighted by Gasteiger charge is 2.65. The van der Waals surface area contributed by atoms with Crippen molar-refractivity contribution in [3.63, 3.8) is 0 Å². The summed E-state index contributed by atoms with van der Waals surface area (Å²) in [5.41, 5.74) is 0. The van der Waals surface area contributed by atoms with Gasteiger partial charge in [0.25, 0.3) is 20.2 Å². The number of rotatable bonds is 17. The predicted molar refractivity (Wildman–Crippen MR) is 119 cm³/mol. The number of carboxylic acid groups (broad SMARTS) is 1. The van der Waals surface area contributed by atoms with Crippen LogP contribution in [-0.4, -0.2) is 71.6 Å². The van der Waals surface area contributed by atoms with Crippen LogP contribution in [0.3, 0.4) is 0 Å². The molecule has 2 fully saturated rings. The summed E-state index contributed by atoms with van der Waals surface area (Å²) in [6, 6.07) is 0. The first kappa shape index (κ1) is 28.2. The van der Waals surface area contributed by atoms with E-state index in [-0.39, 0.29) is 42.7 Å². The molecule has 6 atom stereocenters. The summed E-state index contributed by atoms with van der Waals surface area (Å²) in [5, 5.41) is 8.59. The van der Waals surface area contributed by atoms with Crippen LogP contribution in [0.25, 0.3) is 0 Å². The molecule has 0 amide bonds. The van der Waals surface area contributed by atoms with E-state index in [1.807, 2.05) is 6.92 Å². The van der Waals surface area contributed by atoms with Crippen molar-refractivity contribution in [2.75, 3.05) is 25.7 Å². The van der Waals surface area contributed by atoms with E-state index in [9.17, 15) is 26.4 Å². The molecule has 0 heterocycles. The predicted octanol–water partition coefficient (Wildman–Crippen LogP) is 1.98. The second-order valence-corrected chi connectivity index (χ2v) is 12.3. The van der Waals surface area contributed by atoms with Crippen molar-refractivity contribution in [2.45, 2.75) is 70.5 Å². The standard InChI is InChI=1S/C21H36O10S2/c1-4-5-6-10-17(30-32(2,25)26)21(31-33(3,27)28)20-15-12-16(22)14(19(15)20)9-7-8-11-29-13-18(23)24/h14-15,17,19-21H,4-13H2,1-3H3,(H,23,24). The third-order valence-corrected chi connectivity index (χ3v) is 7.48. The minimum Gasteiger partial charge on any atom is -0.480 e. The number of hydrogen-bond acceptors (Lipinski definition) is 9. The number of carbonyl (C=O) groups is 2. The van der Waals surface area contributed by atoms with E-state index in [4.69, 9.17) is 18.2 Å². The lowest BCUT2D eigenvalue weighted by molar-refractivity contribution is -0.142. The third kappa shape index (κ3) is 9.23. The topological polar surface area (TPSA) is 150 Å². The molecule has 0 aromatic rings. The zero-order valence-electron chi connectivity index (χ0n) is 19.5. The first-order valence-electron chi connectivity index (χ1n) is 11.4. The molecule has 6 unspecified atom stereocenters. The Morgan fingerprint density at radius 2 is 1.73 bits per heavy atom. The summed E-state index contributed by atoms with van der Waals surface area (Å²) in [6.07, 6.45) is 4.92. The van der Waals surface area contributed by atoms with E-state index in [1.165, 1.54) is 0 Å². The van der Waals surface area contributed by atoms with Crippen molar-refractivity contribution in [2.24, 2.45) is 23.7 Å². The minimum atomic E-state index is -3.88. The van der Waals surface area contributed by atoms with Crippen LogP contribution >= 0.6 is 0 Å². The van der Waals surface area contributed by atoms with E-state index in [0.717, 1.165) is 25.4 Å². The molecule has 0 saturated heterocycles. The van der Waals surface area contributed by atoms with Gasteiger partial charge in [0.15, 0.2) is 0 Å². The van der Waals surface area contributed by atoms with Gasteiger partial charge in [-0.2, -0.15) is 16.8 Å². The average Bonchev–Trinajstić information content (AvgIpc) is 3.25. The summed E-state index contributed by atoms with van der Waals surface area (Å²) >= 11 is 0. The Morgan fingerprint density at radius 1 is 1.06 bits per heavy atom. The second kappa shape index (κ2) is 12.1. The number of hydrogen-bond donors (Lipinski definition) is 1. The van der Waals surface area contributed by atoms with Crippen molar-refractivity contribution in [1.82, 2.24) is 0 Å². The zero-order valence-corrected chi connectivity index (χ0v) is 21.1. The first-order valence-corrected chi connectivity index (χ1v) is 15.1. The maximum Gasteiger partial charge on any atom is 0.329 e. The lowest BCUT2D eigenvalue weighted by Crippen LogP contribution is -2.39. The summed E-state index contributed by atoms with van der Waals surface area (Å²) < 4.78 is 63.5. The van der Waals surface area contributed by atoms with Gasteiger partial charge < -0.3 is 9.84 Å². The maximum absolute atomic E-state index is 12.5. The minimum absolute atomic E-state index is 0.0469. The van der Waals surface area contributed by atoms with Gasteiger partial charge in [0, 0.05) is 18.9 Å². The Morgan fingerprint density at radius 3 is 2.30 bits per heavy atom. The third-order valence-electron chi connectivity index (χ3n) is 6.31. The Hall–Kier alpha value is -1.08. The molecule has 12 heteroatoms. The van der Waals surface area contributed by atoms with Crippen LogP contribution in [0.2, 0.25) is 0 Å². The van der Waals surface area contributed by atoms with Gasteiger partial charge in [-0.15, -0.1) is 0 Å². The molecule has 0 aliphatic heterocycles. The Kier molecular flexibility index (Phi) is 10.3. The van der Waals surface area contributed by atoms with Gasteiger partial charge in [-0.25, -0.2) is 4.79 Å². The van der Waals surface area contributed by atoms with Crippen LogP contribution in [0.15, 0.2) is 0 Å². The summed E-state index contributed by atoms with van der Waals surface area (Å²) in [7, 11) is -7.72. The van der Waals surface area contributed by atoms with Gasteiger partial charge in [0.2, 0.25) is 0 Å². The van der Waals surface area contributed by atoms with Crippen molar-refractivity contribution < 1.29 is 44.6 Å². The molecule has 0 spiro atoms. The Balaban J connectivity index is 2.08. The number of aliphatic carboxylic acids is 1. The lowest BCUT2D eigenvalue weighted by atomic mass is 9.89. The average molecular weight is 513 g/mol. The van der Waals surface area contributed by atoms with Crippen LogP contribution in [0.1, 0.15) is 58.3 Å². The van der Waals surface area contributed by atoms with Crippen molar-refractivity contribution in [3.8, 4) is 0 Å². The monoisotopic (exact) mass is 512 g/mol. The normalized spacial score (nSPS) is 26.7. The van der Waals surface area contributed by atoms with Gasteiger partial charge in [-0.1, -0.05) is 32.6 Å². The number of ether oxygens (including phenoxy) is 1. The number of carbonyl (C=O) groups excluding carboxylic acids is 1. The van der Waals surface area contributed by atoms with Gasteiger partial charge in [-0.05, 0) is 37.0 Å². The molecule has 0 radical (unpaired) electrons. The number of Topliss-reactive ketones (excluding diaryl/α,β-unsaturated/α-hetero) is 1. The summed E-state index contributed by atoms with van der Waals surface area (Å²) in [6.45, 7) is 1.93. The first-order chi connectivity index (χ1) is 15.3. The quantitative estimate of drug-likeness (QED) is 0.226. The van der Waals surface area contributed by atoms with Gasteiger partial charge in [0.1, 0.15) is 24.6 Å².